The summed E-state index contributed by atoms with van der Waals surface area (Å²) in [5, 5.41) is 7.30. The fourth-order valence-corrected chi connectivity index (χ4v) is 1.27. The lowest BCUT2D eigenvalue weighted by Gasteiger charge is -2.19. The average Bonchev–Trinajstić information content (AvgIpc) is 2.80. The van der Waals surface area contributed by atoms with Crippen molar-refractivity contribution in [3.8, 4) is 0 Å². The molecule has 7 heteroatoms. The molecule has 1 fully saturated rings. The minimum atomic E-state index is -0.627. The highest BCUT2D eigenvalue weighted by atomic mass is 16.6. The maximum Gasteiger partial charge on any atom is 0.396 e. The number of hydrogen-bond donors (Lipinski definition) is 0. The van der Waals surface area contributed by atoms with Gasteiger partial charge in [-0.15, -0.1) is 10.2 Å². The molecule has 1 aliphatic rings. The Balaban J connectivity index is 2.03. The summed E-state index contributed by atoms with van der Waals surface area (Å²) in [7, 11) is 0. The highest BCUT2D eigenvalue weighted by Crippen LogP contribution is 2.19. The van der Waals surface area contributed by atoms with Crippen LogP contribution in [0.5, 0.6) is 0 Å². The minimum absolute atomic E-state index is 0.161. The third-order valence-electron chi connectivity index (χ3n) is 1.98. The monoisotopic (exact) mass is 228 g/mol. The Morgan fingerprint density at radius 2 is 2.38 bits per heavy atom. The van der Waals surface area contributed by atoms with Gasteiger partial charge in [0, 0.05) is 0 Å². The molecule has 16 heavy (non-hydrogen) atoms. The lowest BCUT2D eigenvalue weighted by Crippen LogP contribution is -2.22. The first-order valence-electron chi connectivity index (χ1n) is 5.01. The van der Waals surface area contributed by atoms with E-state index in [1.54, 1.807) is 6.92 Å². The van der Waals surface area contributed by atoms with E-state index in [0.717, 1.165) is 0 Å². The molecule has 1 saturated heterocycles. The highest BCUT2D eigenvalue weighted by molar-refractivity contribution is 5.83. The molecule has 0 aliphatic carbocycles. The minimum Gasteiger partial charge on any atom is -0.459 e. The van der Waals surface area contributed by atoms with Crippen LogP contribution in [-0.2, 0) is 14.2 Å². The third-order valence-corrected chi connectivity index (χ3v) is 1.98. The zero-order chi connectivity index (χ0) is 11.4. The molecule has 1 aliphatic heterocycles. The lowest BCUT2D eigenvalue weighted by molar-refractivity contribution is -0.0998. The number of ether oxygens (including phenoxy) is 3. The van der Waals surface area contributed by atoms with Crippen LogP contribution in [0.4, 0.5) is 0 Å². The van der Waals surface area contributed by atoms with Gasteiger partial charge in [-0.25, -0.2) is 4.79 Å². The van der Waals surface area contributed by atoms with Gasteiger partial charge in [-0.05, 0) is 6.92 Å². The maximum absolute atomic E-state index is 11.3. The molecule has 2 rings (SSSR count). The van der Waals surface area contributed by atoms with Gasteiger partial charge >= 0.3 is 11.9 Å². The van der Waals surface area contributed by atoms with Gasteiger partial charge in [-0.1, -0.05) is 0 Å². The Bertz CT molecular complexity index is 359. The number of carbonyl (C=O) groups is 1. The van der Waals surface area contributed by atoms with E-state index in [-0.39, 0.29) is 18.4 Å². The molecule has 1 atom stereocenters. The van der Waals surface area contributed by atoms with Crippen molar-refractivity contribution in [2.45, 2.75) is 13.0 Å². The van der Waals surface area contributed by atoms with Gasteiger partial charge in [0.15, 0.2) is 6.10 Å². The van der Waals surface area contributed by atoms with Gasteiger partial charge in [0.25, 0.3) is 0 Å². The molecule has 0 spiro atoms. The van der Waals surface area contributed by atoms with Crippen molar-refractivity contribution in [1.82, 2.24) is 10.2 Å². The van der Waals surface area contributed by atoms with Crippen LogP contribution in [0.15, 0.2) is 4.42 Å². The molecule has 0 saturated carbocycles. The summed E-state index contributed by atoms with van der Waals surface area (Å²) in [6.45, 7) is 3.34. The summed E-state index contributed by atoms with van der Waals surface area (Å²) in [6.07, 6.45) is -0.399. The zero-order valence-electron chi connectivity index (χ0n) is 8.84. The van der Waals surface area contributed by atoms with Crippen molar-refractivity contribution in [3.63, 3.8) is 0 Å². The fraction of sp³-hybridized carbons (Fsp3) is 0.667. The first-order valence-corrected chi connectivity index (χ1v) is 5.01. The number of nitrogens with zero attached hydrogens (tertiary/aromatic N) is 2. The lowest BCUT2D eigenvalue weighted by atomic mass is 10.3. The van der Waals surface area contributed by atoms with Crippen LogP contribution in [-0.4, -0.2) is 42.6 Å². The quantitative estimate of drug-likeness (QED) is 0.689. The predicted molar refractivity (Wildman–Crippen MR) is 49.8 cm³/mol. The molecule has 7 nitrogen and oxygen atoms in total. The number of rotatable bonds is 3. The first-order chi connectivity index (χ1) is 7.81. The molecule has 1 aromatic heterocycles. The van der Waals surface area contributed by atoms with Gasteiger partial charge in [0.2, 0.25) is 5.89 Å². The molecule has 0 N–H and O–H groups in total. The smallest absolute Gasteiger partial charge is 0.396 e. The SMILES string of the molecule is CCOC(=O)c1nnc(C2COCCO2)o1. The Kier molecular flexibility index (Phi) is 3.47. The van der Waals surface area contributed by atoms with Crippen molar-refractivity contribution in [2.75, 3.05) is 26.4 Å². The summed E-state index contributed by atoms with van der Waals surface area (Å²) < 4.78 is 20.4. The van der Waals surface area contributed by atoms with E-state index < -0.39 is 12.1 Å². The second kappa shape index (κ2) is 5.04. The van der Waals surface area contributed by atoms with Gasteiger partial charge in [0.1, 0.15) is 0 Å². The molecule has 88 valence electrons. The normalized spacial score (nSPS) is 20.7. The van der Waals surface area contributed by atoms with E-state index in [0.29, 0.717) is 19.8 Å². The van der Waals surface area contributed by atoms with E-state index in [1.165, 1.54) is 0 Å². The van der Waals surface area contributed by atoms with Crippen molar-refractivity contribution < 1.29 is 23.4 Å². The van der Waals surface area contributed by atoms with Crippen LogP contribution in [0.25, 0.3) is 0 Å². The maximum atomic E-state index is 11.3. The van der Waals surface area contributed by atoms with Gasteiger partial charge in [0.05, 0.1) is 26.4 Å². The van der Waals surface area contributed by atoms with Crippen molar-refractivity contribution >= 4 is 5.97 Å². The Labute approximate surface area is 91.7 Å². The number of aromatic nitrogens is 2. The first kappa shape index (κ1) is 11.0. The van der Waals surface area contributed by atoms with Gasteiger partial charge in [-0.2, -0.15) is 0 Å². The molecule has 1 aromatic rings. The summed E-state index contributed by atoms with van der Waals surface area (Å²) in [5.41, 5.74) is 0. The van der Waals surface area contributed by atoms with Crippen molar-refractivity contribution in [3.05, 3.63) is 11.8 Å². The van der Waals surface area contributed by atoms with Crippen LogP contribution in [0, 0.1) is 0 Å². The Morgan fingerprint density at radius 1 is 1.50 bits per heavy atom. The number of carbonyl (C=O) groups excluding carboxylic acids is 1. The Hall–Kier alpha value is -1.47. The van der Waals surface area contributed by atoms with E-state index in [9.17, 15) is 4.79 Å². The van der Waals surface area contributed by atoms with Crippen LogP contribution in [0.3, 0.4) is 0 Å². The number of esters is 1. The van der Waals surface area contributed by atoms with E-state index >= 15 is 0 Å². The second-order valence-corrected chi connectivity index (χ2v) is 3.10. The predicted octanol–water partition coefficient (Wildman–Crippen LogP) is 0.334. The standard InChI is InChI=1S/C9H12N2O5/c1-2-14-9(12)8-11-10-7(16-8)6-5-13-3-4-15-6/h6H,2-5H2,1H3. The highest BCUT2D eigenvalue weighted by Gasteiger charge is 2.25. The molecule has 0 radical (unpaired) electrons. The molecule has 1 unspecified atom stereocenters. The van der Waals surface area contributed by atoms with E-state index in [4.69, 9.17) is 18.6 Å². The molecular weight excluding hydrogens is 216 g/mol. The largest absolute Gasteiger partial charge is 0.459 e. The summed E-state index contributed by atoms with van der Waals surface area (Å²) >= 11 is 0. The van der Waals surface area contributed by atoms with Crippen LogP contribution < -0.4 is 0 Å². The van der Waals surface area contributed by atoms with Gasteiger partial charge < -0.3 is 18.6 Å². The Morgan fingerprint density at radius 3 is 3.06 bits per heavy atom. The van der Waals surface area contributed by atoms with Crippen molar-refractivity contribution in [1.29, 1.82) is 0 Å². The second-order valence-electron chi connectivity index (χ2n) is 3.10. The molecule has 0 amide bonds. The fourth-order valence-electron chi connectivity index (χ4n) is 1.27. The van der Waals surface area contributed by atoms with Crippen LogP contribution in [0.1, 0.15) is 29.6 Å². The van der Waals surface area contributed by atoms with E-state index in [2.05, 4.69) is 10.2 Å². The number of hydrogen-bond acceptors (Lipinski definition) is 7. The molecule has 0 bridgehead atoms. The summed E-state index contributed by atoms with van der Waals surface area (Å²) in [6, 6.07) is 0. The summed E-state index contributed by atoms with van der Waals surface area (Å²) in [5.74, 6) is -0.549. The third kappa shape index (κ3) is 2.37. The molecule has 2 heterocycles. The van der Waals surface area contributed by atoms with Crippen LogP contribution >= 0.6 is 0 Å². The van der Waals surface area contributed by atoms with Gasteiger partial charge in [-0.3, -0.25) is 0 Å². The zero-order valence-corrected chi connectivity index (χ0v) is 8.84. The van der Waals surface area contributed by atoms with Crippen molar-refractivity contribution in [2.24, 2.45) is 0 Å². The molecule has 0 aromatic carbocycles. The topological polar surface area (TPSA) is 83.7 Å². The van der Waals surface area contributed by atoms with E-state index in [1.807, 2.05) is 0 Å². The average molecular weight is 228 g/mol. The van der Waals surface area contributed by atoms with Crippen LogP contribution in [0.2, 0.25) is 0 Å². The summed E-state index contributed by atoms with van der Waals surface area (Å²) in [4.78, 5) is 11.3. The molecular formula is C9H12N2O5.